The molecule has 0 unspecified atom stereocenters. The molecule has 0 atom stereocenters. The van der Waals surface area contributed by atoms with Gasteiger partial charge in [0.05, 0.1) is 0 Å². The molecule has 0 saturated carbocycles. The number of benzene rings is 8. The Bertz CT molecular complexity index is 3880. The van der Waals surface area contributed by atoms with Crippen molar-refractivity contribution >= 4 is 24.1 Å². The fraction of sp³-hybridized carbons (Fsp3) is 0.262. The zero-order valence-electron chi connectivity index (χ0n) is 57.9. The van der Waals surface area contributed by atoms with Crippen LogP contribution in [0.5, 0.6) is 34.5 Å². The minimum Gasteiger partial charge on any atom is -0.489 e. The van der Waals surface area contributed by atoms with Crippen LogP contribution in [-0.4, -0.2) is 25.2 Å². The first-order valence-electron chi connectivity index (χ1n) is 31.2. The van der Waals surface area contributed by atoms with E-state index in [0.29, 0.717) is 37.9 Å². The Morgan fingerprint density at radius 1 is 0.304 bits per heavy atom. The Kier molecular flexibility index (Phi) is 24.7. The first-order chi connectivity index (χ1) is 43.7. The molecule has 8 aromatic rings. The summed E-state index contributed by atoms with van der Waals surface area (Å²) in [6.07, 6.45) is 9.58. The van der Waals surface area contributed by atoms with E-state index in [-0.39, 0.29) is 0 Å². The van der Waals surface area contributed by atoms with Crippen LogP contribution in [0, 0.1) is 125 Å². The van der Waals surface area contributed by atoms with Crippen LogP contribution in [0.25, 0.3) is 45.5 Å². The average molecular weight is 1230 g/mol. The summed E-state index contributed by atoms with van der Waals surface area (Å²) in [7, 11) is 0. The molecule has 8 heteroatoms. The Morgan fingerprint density at radius 2 is 0.522 bits per heavy atom. The third-order valence-corrected chi connectivity index (χ3v) is 17.7. The summed E-state index contributed by atoms with van der Waals surface area (Å²) in [5.41, 5.74) is 31.5. The molecule has 0 radical (unpaired) electrons. The van der Waals surface area contributed by atoms with Gasteiger partial charge >= 0.3 is 11.9 Å². The maximum Gasteiger partial charge on any atom is 0.335 e. The van der Waals surface area contributed by atoms with Crippen LogP contribution in [0.2, 0.25) is 0 Å². The van der Waals surface area contributed by atoms with Crippen molar-refractivity contribution in [1.82, 2.24) is 0 Å². The number of hydrogen-bond donors (Lipinski definition) is 0. The van der Waals surface area contributed by atoms with Gasteiger partial charge in [0.25, 0.3) is 0 Å². The second-order valence-electron chi connectivity index (χ2n) is 23.8. The van der Waals surface area contributed by atoms with Gasteiger partial charge in [-0.25, -0.2) is 9.59 Å². The molecule has 0 aliphatic rings. The van der Waals surface area contributed by atoms with Gasteiger partial charge in [-0.15, -0.1) is 0 Å². The lowest BCUT2D eigenvalue weighted by atomic mass is 9.88. The Hall–Kier alpha value is -9.66. The first kappa shape index (κ1) is 71.4. The molecule has 0 aliphatic carbocycles. The van der Waals surface area contributed by atoms with Crippen LogP contribution in [0.4, 0.5) is 0 Å². The van der Waals surface area contributed by atoms with Gasteiger partial charge in [-0.05, 0) is 317 Å². The number of carbonyl (C=O) groups excluding carboxylic acids is 2. The van der Waals surface area contributed by atoms with E-state index in [2.05, 4.69) is 195 Å². The highest BCUT2D eigenvalue weighted by atomic mass is 16.5. The maximum atomic E-state index is 11.7. The third kappa shape index (κ3) is 16.3. The molecule has 0 bridgehead atoms. The molecule has 0 saturated heterocycles. The third-order valence-electron chi connectivity index (χ3n) is 17.7. The highest BCUT2D eigenvalue weighted by molar-refractivity contribution is 5.87. The summed E-state index contributed by atoms with van der Waals surface area (Å²) in [6.45, 7) is 61.6. The van der Waals surface area contributed by atoms with Crippen molar-refractivity contribution in [2.24, 2.45) is 0 Å². The summed E-state index contributed by atoms with van der Waals surface area (Å²) >= 11 is 0. The largest absolute Gasteiger partial charge is 0.489 e. The van der Waals surface area contributed by atoms with E-state index in [9.17, 15) is 9.59 Å². The van der Waals surface area contributed by atoms with E-state index in [4.69, 9.17) is 28.4 Å². The molecule has 0 aliphatic heterocycles. The first-order valence-corrected chi connectivity index (χ1v) is 31.2. The van der Waals surface area contributed by atoms with Crippen molar-refractivity contribution in [3.05, 3.63) is 271 Å². The molecule has 0 amide bonds. The van der Waals surface area contributed by atoms with Gasteiger partial charge in [0.2, 0.25) is 0 Å². The highest BCUT2D eigenvalue weighted by Crippen LogP contribution is 2.44. The molecular weight excluding hydrogens is 1140 g/mol. The number of ether oxygens (including phenoxy) is 6. The minimum absolute atomic E-state index is 0.477. The van der Waals surface area contributed by atoms with Gasteiger partial charge in [0, 0.05) is 12.2 Å². The number of rotatable bonds is 21. The van der Waals surface area contributed by atoms with Crippen LogP contribution >= 0.6 is 0 Å². The maximum absolute atomic E-state index is 11.7. The number of hydrogen-bond acceptors (Lipinski definition) is 8. The molecule has 0 fully saturated rings. The lowest BCUT2D eigenvalue weighted by molar-refractivity contribution is -0.129. The van der Waals surface area contributed by atoms with Crippen LogP contribution < -0.4 is 28.4 Å². The topological polar surface area (TPSA) is 89.5 Å². The number of carbonyl (C=O) groups is 2. The molecular formula is C84H94O8. The SMILES string of the molecule is C=CC(=O)Oc1c(C)cc(-c2cc(C)c(OC(=O)C=C)c(C)c2C)c(C)c1C.C=CCOc1c(C)cc(-c2cc(C)c(OCC=C)c(C)c2C)c(C)c1C.C=Cc1ccc(COc2c(C)cc(-c3cc(C)c(OCc4ccc(C=C)cc4)c(C)c3C)c(C)c2C)cc1. The van der Waals surface area contributed by atoms with E-state index in [1.807, 2.05) is 65.8 Å². The van der Waals surface area contributed by atoms with Gasteiger partial charge in [-0.3, -0.25) is 0 Å². The smallest absolute Gasteiger partial charge is 0.335 e. The number of aryl methyl sites for hydroxylation is 6. The Labute approximate surface area is 549 Å². The van der Waals surface area contributed by atoms with E-state index in [0.717, 1.165) is 124 Å². The minimum atomic E-state index is -0.477. The molecule has 0 aromatic heterocycles. The zero-order valence-corrected chi connectivity index (χ0v) is 57.9. The Balaban J connectivity index is 0.000000225. The van der Waals surface area contributed by atoms with Crippen LogP contribution in [0.3, 0.4) is 0 Å². The monoisotopic (exact) mass is 1230 g/mol. The Morgan fingerprint density at radius 3 is 0.739 bits per heavy atom. The summed E-state index contributed by atoms with van der Waals surface area (Å²) in [6, 6.07) is 29.7. The van der Waals surface area contributed by atoms with Crippen molar-refractivity contribution in [3.63, 3.8) is 0 Å². The van der Waals surface area contributed by atoms with Crippen molar-refractivity contribution in [1.29, 1.82) is 0 Å². The lowest BCUT2D eigenvalue weighted by Gasteiger charge is -2.22. The highest BCUT2D eigenvalue weighted by Gasteiger charge is 2.23. The molecule has 0 N–H and O–H groups in total. The molecule has 8 aromatic carbocycles. The van der Waals surface area contributed by atoms with Crippen molar-refractivity contribution in [2.45, 2.75) is 138 Å². The van der Waals surface area contributed by atoms with Crippen LogP contribution in [0.1, 0.15) is 122 Å². The average Bonchev–Trinajstić information content (AvgIpc) is 0.806. The second-order valence-corrected chi connectivity index (χ2v) is 23.8. The fourth-order valence-corrected chi connectivity index (χ4v) is 11.6. The molecule has 92 heavy (non-hydrogen) atoms. The van der Waals surface area contributed by atoms with Crippen molar-refractivity contribution in [3.8, 4) is 67.9 Å². The normalized spacial score (nSPS) is 10.6. The molecule has 0 spiro atoms. The fourth-order valence-electron chi connectivity index (χ4n) is 11.6. The van der Waals surface area contributed by atoms with E-state index < -0.39 is 11.9 Å². The quantitative estimate of drug-likeness (QED) is 0.0304. The van der Waals surface area contributed by atoms with E-state index in [1.54, 1.807) is 12.2 Å². The second kappa shape index (κ2) is 31.9. The van der Waals surface area contributed by atoms with Gasteiger partial charge in [-0.2, -0.15) is 0 Å². The molecule has 478 valence electrons. The zero-order chi connectivity index (χ0) is 68.0. The van der Waals surface area contributed by atoms with Crippen molar-refractivity contribution in [2.75, 3.05) is 13.2 Å². The standard InChI is InChI=1S/C36H38O2.C24H26O4.C24H30O2/c1-9-29-11-15-31(16-12-29)21-37-35-23(3)19-33(25(5)27(35)7)34-20-24(4)36(28(8)26(34)6)38-22-32-17-13-30(10-2)14-18-32;1-9-21(25)27-23-13(3)11-19(15(5)17(23)7)20-12-14(4)24(18(8)16(20)6)28-22(26)10-2;1-9-11-25-23-15(3)13-21(17(5)19(23)7)22-14-16(4)24(26-12-10-2)20(8)18(22)6/h9-20H,1-2,21-22H2,3-8H3;9-12H,1-2H2,3-8H3;9-10,13-14H,1-2,11-12H2,3-8H3. The van der Waals surface area contributed by atoms with Gasteiger partial charge in [0.15, 0.2) is 0 Å². The van der Waals surface area contributed by atoms with E-state index >= 15 is 0 Å². The van der Waals surface area contributed by atoms with Crippen molar-refractivity contribution < 1.29 is 38.0 Å². The summed E-state index contributed by atoms with van der Waals surface area (Å²) < 4.78 is 35.3. The predicted octanol–water partition coefficient (Wildman–Crippen LogP) is 21.4. The summed E-state index contributed by atoms with van der Waals surface area (Å²) in [4.78, 5) is 23.3. The van der Waals surface area contributed by atoms with Gasteiger partial charge in [-0.1, -0.05) is 112 Å². The summed E-state index contributed by atoms with van der Waals surface area (Å²) in [5, 5.41) is 0. The molecule has 8 nitrogen and oxygen atoms in total. The molecule has 0 heterocycles. The number of esters is 2. The van der Waals surface area contributed by atoms with E-state index in [1.165, 1.54) is 66.8 Å². The predicted molar refractivity (Wildman–Crippen MR) is 386 cm³/mol. The molecule has 8 rings (SSSR count). The summed E-state index contributed by atoms with van der Waals surface area (Å²) in [5.74, 6) is 4.03. The van der Waals surface area contributed by atoms with Crippen LogP contribution in [0.15, 0.2) is 149 Å². The van der Waals surface area contributed by atoms with Crippen LogP contribution in [-0.2, 0) is 22.8 Å². The van der Waals surface area contributed by atoms with Gasteiger partial charge in [0.1, 0.15) is 60.9 Å². The van der Waals surface area contributed by atoms with Gasteiger partial charge < -0.3 is 28.4 Å². The lowest BCUT2D eigenvalue weighted by Crippen LogP contribution is -2.08.